The molecule has 224 valence electrons. The second kappa shape index (κ2) is 12.5. The third-order valence-electron chi connectivity index (χ3n) is 8.66. The molecule has 2 N–H and O–H groups in total. The normalized spacial score (nSPS) is 21.7. The van der Waals surface area contributed by atoms with Gasteiger partial charge < -0.3 is 24.8 Å². The second-order valence-electron chi connectivity index (χ2n) is 11.3. The standard InChI is InChI=1S/C33H37N5O5/c1-42-28-18-24-25-17-23(39)10-11-27(25)35-32(26(24)19-29(28)43-2)21-6-8-22(9-7-21)33(41)38-15-13-37(14-16-38)20-31(40)36-30-5-3-4-12-34-30/h3-9,12,18-19,23,25,27,39H,10-11,13-17,20H2,1-2H3,(H,34,36,40). The Hall–Kier alpha value is -4.28. The molecule has 0 spiro atoms. The molecule has 3 unspecified atom stereocenters. The highest BCUT2D eigenvalue weighted by Crippen LogP contribution is 2.44. The van der Waals surface area contributed by atoms with Crippen molar-refractivity contribution in [2.24, 2.45) is 4.99 Å². The Kier molecular flexibility index (Phi) is 8.40. The molecule has 3 aromatic rings. The van der Waals surface area contributed by atoms with Crippen LogP contribution in [-0.2, 0) is 4.79 Å². The zero-order chi connectivity index (χ0) is 29.9. The average molecular weight is 584 g/mol. The molecule has 1 saturated carbocycles. The van der Waals surface area contributed by atoms with E-state index >= 15 is 0 Å². The topological polar surface area (TPSA) is 117 Å². The van der Waals surface area contributed by atoms with Gasteiger partial charge in [0.1, 0.15) is 5.82 Å². The van der Waals surface area contributed by atoms with Crippen molar-refractivity contribution in [1.82, 2.24) is 14.8 Å². The molecule has 43 heavy (non-hydrogen) atoms. The van der Waals surface area contributed by atoms with Crippen LogP contribution >= 0.6 is 0 Å². The summed E-state index contributed by atoms with van der Waals surface area (Å²) < 4.78 is 11.2. The molecular formula is C33H37N5O5. The van der Waals surface area contributed by atoms with Crippen molar-refractivity contribution in [2.45, 2.75) is 37.3 Å². The van der Waals surface area contributed by atoms with Crippen LogP contribution in [0, 0.1) is 0 Å². The summed E-state index contributed by atoms with van der Waals surface area (Å²) >= 11 is 0. The summed E-state index contributed by atoms with van der Waals surface area (Å²) in [6.07, 6.45) is 3.52. The summed E-state index contributed by atoms with van der Waals surface area (Å²) in [5.41, 5.74) is 4.49. The molecule has 2 aliphatic heterocycles. The van der Waals surface area contributed by atoms with E-state index in [1.54, 1.807) is 32.5 Å². The minimum absolute atomic E-state index is 0.0251. The summed E-state index contributed by atoms with van der Waals surface area (Å²) in [5, 5.41) is 13.2. The second-order valence-corrected chi connectivity index (χ2v) is 11.3. The molecule has 3 aliphatic rings. The van der Waals surface area contributed by atoms with Gasteiger partial charge >= 0.3 is 0 Å². The Morgan fingerprint density at radius 3 is 2.42 bits per heavy atom. The number of carbonyl (C=O) groups is 2. The number of amides is 2. The predicted molar refractivity (Wildman–Crippen MR) is 163 cm³/mol. The van der Waals surface area contributed by atoms with Crippen LogP contribution in [0.15, 0.2) is 65.8 Å². The number of nitrogens with one attached hydrogen (secondary N) is 1. The van der Waals surface area contributed by atoms with E-state index in [1.165, 1.54) is 0 Å². The van der Waals surface area contributed by atoms with E-state index in [0.29, 0.717) is 55.5 Å². The Labute approximate surface area is 251 Å². The molecule has 0 radical (unpaired) electrons. The number of piperazine rings is 1. The molecule has 2 fully saturated rings. The molecule has 2 aromatic carbocycles. The van der Waals surface area contributed by atoms with Gasteiger partial charge in [0, 0.05) is 55.0 Å². The molecule has 3 atom stereocenters. The van der Waals surface area contributed by atoms with Gasteiger partial charge in [0.2, 0.25) is 5.91 Å². The molecule has 6 rings (SSSR count). The molecule has 2 amide bonds. The number of benzene rings is 2. The number of rotatable bonds is 7. The highest BCUT2D eigenvalue weighted by molar-refractivity contribution is 6.15. The van der Waals surface area contributed by atoms with Crippen molar-refractivity contribution in [1.29, 1.82) is 0 Å². The number of hydrogen-bond acceptors (Lipinski definition) is 8. The third-order valence-corrected chi connectivity index (χ3v) is 8.66. The lowest BCUT2D eigenvalue weighted by Gasteiger charge is -2.37. The lowest BCUT2D eigenvalue weighted by molar-refractivity contribution is -0.117. The average Bonchev–Trinajstić information content (AvgIpc) is 3.04. The maximum atomic E-state index is 13.4. The number of hydrogen-bond donors (Lipinski definition) is 2. The van der Waals surface area contributed by atoms with Crippen molar-refractivity contribution in [2.75, 3.05) is 52.3 Å². The minimum Gasteiger partial charge on any atom is -0.493 e. The Morgan fingerprint density at radius 2 is 1.72 bits per heavy atom. The van der Waals surface area contributed by atoms with Gasteiger partial charge in [-0.1, -0.05) is 18.2 Å². The molecular weight excluding hydrogens is 546 g/mol. The van der Waals surface area contributed by atoms with Crippen LogP contribution in [0.1, 0.15) is 52.2 Å². The van der Waals surface area contributed by atoms with Crippen LogP contribution in [0.3, 0.4) is 0 Å². The van der Waals surface area contributed by atoms with Crippen LogP contribution in [0.2, 0.25) is 0 Å². The van der Waals surface area contributed by atoms with Crippen LogP contribution in [0.5, 0.6) is 11.5 Å². The molecule has 10 heteroatoms. The number of aliphatic imine (C=N–C) groups is 1. The smallest absolute Gasteiger partial charge is 0.253 e. The lowest BCUT2D eigenvalue weighted by atomic mass is 9.74. The van der Waals surface area contributed by atoms with Crippen molar-refractivity contribution < 1.29 is 24.2 Å². The van der Waals surface area contributed by atoms with Gasteiger partial charge in [0.25, 0.3) is 5.91 Å². The molecule has 1 aliphatic carbocycles. The highest BCUT2D eigenvalue weighted by atomic mass is 16.5. The number of fused-ring (bicyclic) bond motifs is 3. The summed E-state index contributed by atoms with van der Waals surface area (Å²) in [5.74, 6) is 1.79. The Bertz CT molecular complexity index is 1500. The predicted octanol–water partition coefficient (Wildman–Crippen LogP) is 3.34. The molecule has 1 aromatic heterocycles. The lowest BCUT2D eigenvalue weighted by Crippen LogP contribution is -2.50. The number of pyridine rings is 1. The van der Waals surface area contributed by atoms with Crippen LogP contribution < -0.4 is 14.8 Å². The molecule has 3 heterocycles. The third kappa shape index (κ3) is 6.11. The molecule has 10 nitrogen and oxygen atoms in total. The van der Waals surface area contributed by atoms with Gasteiger partial charge in [0.15, 0.2) is 11.5 Å². The van der Waals surface area contributed by atoms with Crippen molar-refractivity contribution >= 4 is 23.3 Å². The van der Waals surface area contributed by atoms with E-state index in [2.05, 4.69) is 10.3 Å². The van der Waals surface area contributed by atoms with E-state index < -0.39 is 0 Å². The van der Waals surface area contributed by atoms with Crippen molar-refractivity contribution in [3.05, 3.63) is 83.0 Å². The quantitative estimate of drug-likeness (QED) is 0.438. The number of ether oxygens (including phenoxy) is 2. The van der Waals surface area contributed by atoms with Gasteiger partial charge in [-0.3, -0.25) is 19.5 Å². The highest BCUT2D eigenvalue weighted by Gasteiger charge is 2.37. The summed E-state index contributed by atoms with van der Waals surface area (Å²) in [6.45, 7) is 2.60. The Balaban J connectivity index is 1.14. The van der Waals surface area contributed by atoms with Crippen molar-refractivity contribution in [3.8, 4) is 11.5 Å². The maximum absolute atomic E-state index is 13.4. The first-order chi connectivity index (χ1) is 20.9. The number of carbonyl (C=O) groups excluding carboxylic acids is 2. The number of anilines is 1. The number of aromatic nitrogens is 1. The van der Waals surface area contributed by atoms with Crippen molar-refractivity contribution in [3.63, 3.8) is 0 Å². The fourth-order valence-corrected chi connectivity index (χ4v) is 6.38. The zero-order valence-electron chi connectivity index (χ0n) is 24.5. The van der Waals surface area contributed by atoms with E-state index in [4.69, 9.17) is 14.5 Å². The monoisotopic (exact) mass is 583 g/mol. The first-order valence-electron chi connectivity index (χ1n) is 14.8. The van der Waals surface area contributed by atoms with E-state index in [-0.39, 0.29) is 36.4 Å². The SMILES string of the molecule is COc1cc2c(cc1OC)C1CC(O)CCC1N=C2c1ccc(C(=O)N2CCN(CC(=O)Nc3ccccn3)CC2)cc1. The summed E-state index contributed by atoms with van der Waals surface area (Å²) in [4.78, 5) is 39.0. The largest absolute Gasteiger partial charge is 0.493 e. The maximum Gasteiger partial charge on any atom is 0.253 e. The van der Waals surface area contributed by atoms with Gasteiger partial charge in [-0.15, -0.1) is 0 Å². The van der Waals surface area contributed by atoms with Crippen LogP contribution in [0.4, 0.5) is 5.82 Å². The molecule has 0 bridgehead atoms. The first-order valence-corrected chi connectivity index (χ1v) is 14.8. The van der Waals surface area contributed by atoms with E-state index in [0.717, 1.165) is 35.2 Å². The van der Waals surface area contributed by atoms with Crippen LogP contribution in [0.25, 0.3) is 0 Å². The van der Waals surface area contributed by atoms with Gasteiger partial charge in [0.05, 0.1) is 38.6 Å². The van der Waals surface area contributed by atoms with Gasteiger partial charge in [-0.2, -0.15) is 0 Å². The first kappa shape index (κ1) is 28.8. The Morgan fingerprint density at radius 1 is 0.977 bits per heavy atom. The number of aliphatic hydroxyl groups is 1. The number of aliphatic hydroxyl groups excluding tert-OH is 1. The molecule has 1 saturated heterocycles. The van der Waals surface area contributed by atoms with Gasteiger partial charge in [-0.25, -0.2) is 4.98 Å². The fraction of sp³-hybridized carbons (Fsp3) is 0.394. The minimum atomic E-state index is -0.338. The fourth-order valence-electron chi connectivity index (χ4n) is 6.38. The number of methoxy groups -OCH3 is 2. The summed E-state index contributed by atoms with van der Waals surface area (Å²) in [6, 6.07) is 17.1. The van der Waals surface area contributed by atoms with E-state index in [9.17, 15) is 14.7 Å². The van der Waals surface area contributed by atoms with Gasteiger partial charge in [-0.05, 0) is 61.2 Å². The zero-order valence-corrected chi connectivity index (χ0v) is 24.5. The van der Waals surface area contributed by atoms with Crippen LogP contribution in [-0.4, -0.2) is 96.5 Å². The number of nitrogens with zero attached hydrogens (tertiary/aromatic N) is 4. The summed E-state index contributed by atoms with van der Waals surface area (Å²) in [7, 11) is 3.25. The van der Waals surface area contributed by atoms with E-state index in [1.807, 2.05) is 52.3 Å².